The summed E-state index contributed by atoms with van der Waals surface area (Å²) in [5.41, 5.74) is 5.14. The minimum absolute atomic E-state index is 0.298. The van der Waals surface area contributed by atoms with Crippen LogP contribution in [0, 0.1) is 12.8 Å². The molecule has 2 N–H and O–H groups in total. The fourth-order valence-electron chi connectivity index (χ4n) is 2.95. The summed E-state index contributed by atoms with van der Waals surface area (Å²) < 4.78 is 14.9. The lowest BCUT2D eigenvalue weighted by molar-refractivity contribution is -0.117. The average Bonchev–Trinajstić information content (AvgIpc) is 3.20. The zero-order chi connectivity index (χ0) is 17.6. The van der Waals surface area contributed by atoms with Gasteiger partial charge in [0, 0.05) is 18.9 Å². The molecule has 1 aliphatic rings. The Kier molecular flexibility index (Phi) is 3.67. The smallest absolute Gasteiger partial charge is 0.231 e. The molecule has 0 spiro atoms. The second-order valence-corrected chi connectivity index (χ2v) is 6.44. The molecule has 6 heteroatoms. The largest absolute Gasteiger partial charge is 0.388 e. The van der Waals surface area contributed by atoms with Crippen LogP contribution in [0.15, 0.2) is 42.7 Å². The molecule has 0 aliphatic heterocycles. The van der Waals surface area contributed by atoms with Crippen LogP contribution in [0.2, 0.25) is 0 Å². The van der Waals surface area contributed by atoms with Crippen LogP contribution in [0.1, 0.15) is 12.0 Å². The van der Waals surface area contributed by atoms with Gasteiger partial charge in [-0.3, -0.25) is 4.79 Å². The van der Waals surface area contributed by atoms with E-state index in [4.69, 9.17) is 0 Å². The lowest BCUT2D eigenvalue weighted by atomic mass is 10.0. The summed E-state index contributed by atoms with van der Waals surface area (Å²) in [5.74, 6) is -0.372. The summed E-state index contributed by atoms with van der Waals surface area (Å²) in [6.07, 6.45) is 3.04. The van der Waals surface area contributed by atoms with Crippen LogP contribution in [0.25, 0.3) is 16.8 Å². The number of nitrogens with one attached hydrogen (secondary N) is 2. The number of imidazole rings is 1. The van der Waals surface area contributed by atoms with Gasteiger partial charge in [-0.2, -0.15) is 0 Å². The van der Waals surface area contributed by atoms with E-state index in [-0.39, 0.29) is 5.91 Å². The minimum Gasteiger partial charge on any atom is -0.388 e. The number of nitrogens with zero attached hydrogens (tertiary/aromatic N) is 2. The first-order valence-electron chi connectivity index (χ1n) is 8.27. The monoisotopic (exact) mass is 338 g/mol. The fourth-order valence-corrected chi connectivity index (χ4v) is 2.95. The quantitative estimate of drug-likeness (QED) is 0.763. The van der Waals surface area contributed by atoms with Crippen molar-refractivity contribution in [3.05, 3.63) is 48.3 Å². The highest BCUT2D eigenvalue weighted by atomic mass is 19.1. The molecule has 1 aliphatic carbocycles. The molecule has 0 saturated heterocycles. The van der Waals surface area contributed by atoms with Crippen molar-refractivity contribution in [2.24, 2.45) is 5.92 Å². The Balaban J connectivity index is 1.65. The number of anilines is 2. The van der Waals surface area contributed by atoms with Crippen molar-refractivity contribution < 1.29 is 9.18 Å². The van der Waals surface area contributed by atoms with Gasteiger partial charge < -0.3 is 15.0 Å². The first-order valence-corrected chi connectivity index (χ1v) is 8.27. The van der Waals surface area contributed by atoms with E-state index < -0.39 is 12.1 Å². The maximum atomic E-state index is 13.0. The number of hydrogen-bond donors (Lipinski definition) is 2. The number of aryl methyl sites for hydroxylation is 1. The number of rotatable bonds is 4. The van der Waals surface area contributed by atoms with E-state index in [0.29, 0.717) is 12.2 Å². The van der Waals surface area contributed by atoms with E-state index in [1.54, 1.807) is 6.20 Å². The van der Waals surface area contributed by atoms with Crippen LogP contribution in [0.3, 0.4) is 0 Å². The number of amides is 1. The van der Waals surface area contributed by atoms with Gasteiger partial charge in [0.05, 0.1) is 12.1 Å². The maximum absolute atomic E-state index is 13.0. The third-order valence-electron chi connectivity index (χ3n) is 4.59. The lowest BCUT2D eigenvalue weighted by Crippen LogP contribution is -2.15. The summed E-state index contributed by atoms with van der Waals surface area (Å²) in [5, 5.41) is 5.84. The number of benzene rings is 1. The van der Waals surface area contributed by atoms with Crippen LogP contribution >= 0.6 is 0 Å². The summed E-state index contributed by atoms with van der Waals surface area (Å²) in [4.78, 5) is 16.2. The molecule has 1 amide bonds. The Labute approximate surface area is 144 Å². The Morgan fingerprint density at radius 2 is 2.08 bits per heavy atom. The summed E-state index contributed by atoms with van der Waals surface area (Å²) in [6, 6.07) is 10.1. The van der Waals surface area contributed by atoms with Crippen LogP contribution in [0.5, 0.6) is 0 Å². The normalized spacial score (nSPS) is 19.0. The van der Waals surface area contributed by atoms with Crippen molar-refractivity contribution in [1.29, 1.82) is 0 Å². The maximum Gasteiger partial charge on any atom is 0.231 e. The predicted molar refractivity (Wildman–Crippen MR) is 96.5 cm³/mol. The molecule has 1 fully saturated rings. The molecule has 4 rings (SSSR count). The van der Waals surface area contributed by atoms with Crippen molar-refractivity contribution in [2.75, 3.05) is 17.7 Å². The highest BCUT2D eigenvalue weighted by Crippen LogP contribution is 2.34. The molecular weight excluding hydrogens is 319 g/mol. The van der Waals surface area contributed by atoms with E-state index in [1.165, 1.54) is 5.56 Å². The van der Waals surface area contributed by atoms with E-state index in [2.05, 4.69) is 34.7 Å². The SMILES string of the molecule is CNc1ccc(C)c(-c2ccc3nc(NC(=O)[C@@H]4C[C@@H]4F)cn3c2)c1. The average molecular weight is 338 g/mol. The lowest BCUT2D eigenvalue weighted by Gasteiger charge is -2.09. The van der Waals surface area contributed by atoms with Crippen LogP contribution in [-0.4, -0.2) is 28.5 Å². The molecule has 2 heterocycles. The van der Waals surface area contributed by atoms with Crippen LogP contribution < -0.4 is 10.6 Å². The van der Waals surface area contributed by atoms with Gasteiger partial charge in [0.2, 0.25) is 5.91 Å². The van der Waals surface area contributed by atoms with Crippen LogP contribution in [-0.2, 0) is 4.79 Å². The number of carbonyl (C=O) groups is 1. The number of alkyl halides is 1. The number of hydrogen-bond acceptors (Lipinski definition) is 3. The topological polar surface area (TPSA) is 58.4 Å². The van der Waals surface area contributed by atoms with Gasteiger partial charge in [0.1, 0.15) is 11.8 Å². The molecule has 3 aromatic rings. The summed E-state index contributed by atoms with van der Waals surface area (Å²) >= 11 is 0. The molecule has 1 aromatic carbocycles. The van der Waals surface area contributed by atoms with Gasteiger partial charge in [-0.05, 0) is 54.3 Å². The Bertz CT molecular complexity index is 965. The molecular formula is C19H19FN4O. The van der Waals surface area contributed by atoms with E-state index in [0.717, 1.165) is 22.5 Å². The zero-order valence-electron chi connectivity index (χ0n) is 14.1. The first-order chi connectivity index (χ1) is 12.0. The predicted octanol–water partition coefficient (Wildman–Crippen LogP) is 3.65. The van der Waals surface area contributed by atoms with Gasteiger partial charge in [-0.15, -0.1) is 0 Å². The van der Waals surface area contributed by atoms with Crippen molar-refractivity contribution in [3.63, 3.8) is 0 Å². The Morgan fingerprint density at radius 3 is 2.80 bits per heavy atom. The molecule has 5 nitrogen and oxygen atoms in total. The third kappa shape index (κ3) is 2.95. The molecule has 1 saturated carbocycles. The van der Waals surface area contributed by atoms with Crippen molar-refractivity contribution in [2.45, 2.75) is 19.5 Å². The second kappa shape index (κ2) is 5.88. The summed E-state index contributed by atoms with van der Waals surface area (Å²) in [6.45, 7) is 2.07. The highest BCUT2D eigenvalue weighted by Gasteiger charge is 2.43. The summed E-state index contributed by atoms with van der Waals surface area (Å²) in [7, 11) is 1.89. The van der Waals surface area contributed by atoms with Gasteiger partial charge in [-0.1, -0.05) is 6.07 Å². The molecule has 0 radical (unpaired) electrons. The van der Waals surface area contributed by atoms with Crippen molar-refractivity contribution >= 4 is 23.1 Å². The van der Waals surface area contributed by atoms with E-state index in [1.807, 2.05) is 35.8 Å². The number of pyridine rings is 1. The standard InChI is InChI=1S/C19H19FN4O/c1-11-3-5-13(21-2)7-14(11)12-4-6-18-22-17(10-24(18)9-12)23-19(25)15-8-16(15)20/h3-7,9-10,15-16,21H,8H2,1-2H3,(H,23,25)/t15-,16+/m1/s1. The molecule has 128 valence electrons. The highest BCUT2D eigenvalue weighted by molar-refractivity contribution is 5.94. The van der Waals surface area contributed by atoms with Crippen molar-refractivity contribution in [1.82, 2.24) is 9.38 Å². The Morgan fingerprint density at radius 1 is 1.28 bits per heavy atom. The number of halogens is 1. The number of fused-ring (bicyclic) bond motifs is 1. The van der Waals surface area contributed by atoms with Crippen molar-refractivity contribution in [3.8, 4) is 11.1 Å². The molecule has 2 aromatic heterocycles. The zero-order valence-corrected chi connectivity index (χ0v) is 14.1. The molecule has 2 atom stereocenters. The first kappa shape index (κ1) is 15.6. The van der Waals surface area contributed by atoms with Gasteiger partial charge in [0.15, 0.2) is 5.82 Å². The third-order valence-corrected chi connectivity index (χ3v) is 4.59. The molecule has 0 unspecified atom stereocenters. The number of aromatic nitrogens is 2. The van der Waals surface area contributed by atoms with E-state index in [9.17, 15) is 9.18 Å². The molecule has 0 bridgehead atoms. The Hall–Kier alpha value is -2.89. The number of carbonyl (C=O) groups excluding carboxylic acids is 1. The van der Waals surface area contributed by atoms with Gasteiger partial charge in [-0.25, -0.2) is 9.37 Å². The van der Waals surface area contributed by atoms with Gasteiger partial charge in [0.25, 0.3) is 0 Å². The second-order valence-electron chi connectivity index (χ2n) is 6.44. The van der Waals surface area contributed by atoms with E-state index >= 15 is 0 Å². The molecule has 25 heavy (non-hydrogen) atoms. The van der Waals surface area contributed by atoms with Crippen LogP contribution in [0.4, 0.5) is 15.9 Å². The van der Waals surface area contributed by atoms with Gasteiger partial charge >= 0.3 is 0 Å². The fraction of sp³-hybridized carbons (Fsp3) is 0.263. The minimum atomic E-state index is -1.01.